The number of nitrogens with zero attached hydrogens (tertiary/aromatic N) is 5. The van der Waals surface area contributed by atoms with Crippen LogP contribution in [-0.2, 0) is 0 Å². The fourth-order valence-corrected chi connectivity index (χ4v) is 6.18. The Hall–Kier alpha value is -0.480. The highest BCUT2D eigenvalue weighted by Crippen LogP contribution is 2.29. The molecule has 0 saturated heterocycles. The Kier molecular flexibility index (Phi) is 7.72. The van der Waals surface area contributed by atoms with Gasteiger partial charge in [-0.2, -0.15) is 8.75 Å². The first-order chi connectivity index (χ1) is 12.2. The van der Waals surface area contributed by atoms with Crippen molar-refractivity contribution in [1.29, 1.82) is 0 Å². The minimum atomic E-state index is 0.987. The standard InChI is InChI=1S/C16H23N5S4/c1-12-17-18-16(24-12)23-10-5-3-4-9-22-15-14(19-25-20-15)13-7-6-8-21(2)11-13/h7H,3-6,8-11H2,1-2H3. The summed E-state index contributed by atoms with van der Waals surface area (Å²) in [5.74, 6) is 2.24. The normalized spacial score (nSPS) is 15.5. The van der Waals surface area contributed by atoms with Crippen LogP contribution in [0.1, 0.15) is 36.4 Å². The Bertz CT molecular complexity index is 696. The van der Waals surface area contributed by atoms with E-state index in [0.29, 0.717) is 0 Å². The molecule has 0 amide bonds. The molecule has 1 aliphatic heterocycles. The summed E-state index contributed by atoms with van der Waals surface area (Å²) in [7, 11) is 2.17. The predicted octanol–water partition coefficient (Wildman–Crippen LogP) is 4.47. The minimum Gasteiger partial charge on any atom is -0.302 e. The number of hydrogen-bond donors (Lipinski definition) is 0. The SMILES string of the molecule is Cc1nnc(SCCCCCSc2nsnc2C2=CCCN(C)C2)s1. The maximum atomic E-state index is 4.54. The zero-order valence-corrected chi connectivity index (χ0v) is 17.9. The lowest BCUT2D eigenvalue weighted by molar-refractivity contribution is 0.372. The third kappa shape index (κ3) is 6.02. The summed E-state index contributed by atoms with van der Waals surface area (Å²) in [6, 6.07) is 0. The monoisotopic (exact) mass is 413 g/mol. The Morgan fingerprint density at radius 3 is 2.72 bits per heavy atom. The molecule has 0 fully saturated rings. The summed E-state index contributed by atoms with van der Waals surface area (Å²) in [6.45, 7) is 4.13. The van der Waals surface area contributed by atoms with E-state index in [2.05, 4.69) is 37.0 Å². The largest absolute Gasteiger partial charge is 0.302 e. The van der Waals surface area contributed by atoms with Gasteiger partial charge in [-0.25, -0.2) is 0 Å². The lowest BCUT2D eigenvalue weighted by Gasteiger charge is -2.22. The molecule has 0 aromatic carbocycles. The Morgan fingerprint density at radius 2 is 1.96 bits per heavy atom. The Balaban J connectivity index is 1.34. The van der Waals surface area contributed by atoms with Crippen molar-refractivity contribution in [2.24, 2.45) is 0 Å². The molecule has 1 aliphatic rings. The van der Waals surface area contributed by atoms with Gasteiger partial charge in [0.1, 0.15) is 15.7 Å². The van der Waals surface area contributed by atoms with Crippen LogP contribution in [0.4, 0.5) is 0 Å². The smallest absolute Gasteiger partial charge is 0.174 e. The third-order valence-electron chi connectivity index (χ3n) is 3.86. The number of likely N-dealkylation sites (N-methyl/N-ethyl adjacent to an activating group) is 1. The summed E-state index contributed by atoms with van der Waals surface area (Å²) in [4.78, 5) is 2.35. The van der Waals surface area contributed by atoms with Crippen LogP contribution in [0, 0.1) is 6.92 Å². The number of unbranched alkanes of at least 4 members (excludes halogenated alkanes) is 2. The molecular formula is C16H23N5S4. The molecule has 0 radical (unpaired) electrons. The minimum absolute atomic E-state index is 0.987. The van der Waals surface area contributed by atoms with E-state index in [1.165, 1.54) is 36.6 Å². The number of aromatic nitrogens is 4. The van der Waals surface area contributed by atoms with Crippen molar-refractivity contribution in [3.05, 3.63) is 16.8 Å². The van der Waals surface area contributed by atoms with Gasteiger partial charge in [-0.15, -0.1) is 22.0 Å². The van der Waals surface area contributed by atoms with E-state index in [4.69, 9.17) is 0 Å². The first-order valence-electron chi connectivity index (χ1n) is 8.48. The molecule has 0 bridgehead atoms. The van der Waals surface area contributed by atoms with Gasteiger partial charge in [0.2, 0.25) is 0 Å². The van der Waals surface area contributed by atoms with E-state index < -0.39 is 0 Å². The second kappa shape index (κ2) is 10.0. The van der Waals surface area contributed by atoms with E-state index in [0.717, 1.165) is 51.1 Å². The molecule has 0 atom stereocenters. The summed E-state index contributed by atoms with van der Waals surface area (Å²) < 4.78 is 10.1. The first-order valence-corrected chi connectivity index (χ1v) is 12.0. The van der Waals surface area contributed by atoms with Gasteiger partial charge in [-0.3, -0.25) is 0 Å². The second-order valence-corrected chi connectivity index (χ2v) is 10.2. The average Bonchev–Trinajstić information content (AvgIpc) is 3.23. The van der Waals surface area contributed by atoms with E-state index in [9.17, 15) is 0 Å². The fraction of sp³-hybridized carbons (Fsp3) is 0.625. The highest BCUT2D eigenvalue weighted by Gasteiger charge is 2.17. The number of hydrogen-bond acceptors (Lipinski definition) is 9. The number of thioether (sulfide) groups is 2. The first kappa shape index (κ1) is 19.3. The molecule has 25 heavy (non-hydrogen) atoms. The zero-order chi connectivity index (χ0) is 17.5. The predicted molar refractivity (Wildman–Crippen MR) is 110 cm³/mol. The summed E-state index contributed by atoms with van der Waals surface area (Å²) in [5.41, 5.74) is 2.46. The van der Waals surface area contributed by atoms with Gasteiger partial charge in [0.15, 0.2) is 4.34 Å². The zero-order valence-electron chi connectivity index (χ0n) is 14.6. The summed E-state index contributed by atoms with van der Waals surface area (Å²) in [6.07, 6.45) is 7.13. The van der Waals surface area contributed by atoms with Crippen molar-refractivity contribution in [2.45, 2.75) is 42.0 Å². The molecule has 2 aromatic heterocycles. The van der Waals surface area contributed by atoms with Crippen LogP contribution >= 0.6 is 46.6 Å². The van der Waals surface area contributed by atoms with Crippen LogP contribution in [0.3, 0.4) is 0 Å². The van der Waals surface area contributed by atoms with Crippen LogP contribution in [0.5, 0.6) is 0 Å². The Morgan fingerprint density at radius 1 is 1.12 bits per heavy atom. The van der Waals surface area contributed by atoms with Crippen LogP contribution in [0.25, 0.3) is 5.57 Å². The maximum absolute atomic E-state index is 4.54. The molecule has 3 heterocycles. The second-order valence-electron chi connectivity index (χ2n) is 6.02. The van der Waals surface area contributed by atoms with Gasteiger partial charge in [0, 0.05) is 18.8 Å². The van der Waals surface area contributed by atoms with Crippen LogP contribution in [-0.4, -0.2) is 55.5 Å². The molecule has 5 nitrogen and oxygen atoms in total. The maximum Gasteiger partial charge on any atom is 0.174 e. The van der Waals surface area contributed by atoms with Gasteiger partial charge in [0.05, 0.1) is 11.7 Å². The van der Waals surface area contributed by atoms with Gasteiger partial charge >= 0.3 is 0 Å². The molecule has 9 heteroatoms. The highest BCUT2D eigenvalue weighted by atomic mass is 32.2. The van der Waals surface area contributed by atoms with Gasteiger partial charge in [0.25, 0.3) is 0 Å². The molecule has 136 valence electrons. The summed E-state index contributed by atoms with van der Waals surface area (Å²) in [5, 5.41) is 10.4. The molecule has 0 N–H and O–H groups in total. The van der Waals surface area contributed by atoms with E-state index in [1.807, 2.05) is 30.4 Å². The number of aryl methyl sites for hydroxylation is 1. The Labute approximate surface area is 166 Å². The van der Waals surface area contributed by atoms with Crippen molar-refractivity contribution >= 4 is 52.2 Å². The van der Waals surface area contributed by atoms with E-state index in [-0.39, 0.29) is 0 Å². The van der Waals surface area contributed by atoms with Crippen LogP contribution in [0.15, 0.2) is 15.4 Å². The highest BCUT2D eigenvalue weighted by molar-refractivity contribution is 8.01. The van der Waals surface area contributed by atoms with Crippen LogP contribution < -0.4 is 0 Å². The van der Waals surface area contributed by atoms with Crippen molar-refractivity contribution < 1.29 is 0 Å². The van der Waals surface area contributed by atoms with E-state index >= 15 is 0 Å². The number of rotatable bonds is 9. The average molecular weight is 414 g/mol. The van der Waals surface area contributed by atoms with Crippen molar-refractivity contribution in [3.8, 4) is 0 Å². The topological polar surface area (TPSA) is 54.8 Å². The summed E-state index contributed by atoms with van der Waals surface area (Å²) >= 11 is 6.70. The van der Waals surface area contributed by atoms with Gasteiger partial charge < -0.3 is 4.90 Å². The molecule has 0 spiro atoms. The van der Waals surface area contributed by atoms with Crippen molar-refractivity contribution in [2.75, 3.05) is 31.6 Å². The quantitative estimate of drug-likeness (QED) is 0.444. The molecule has 0 unspecified atom stereocenters. The molecule has 0 aliphatic carbocycles. The third-order valence-corrected chi connectivity index (χ3v) is 7.62. The van der Waals surface area contributed by atoms with Crippen molar-refractivity contribution in [3.63, 3.8) is 0 Å². The lowest BCUT2D eigenvalue weighted by atomic mass is 10.1. The molecule has 2 aromatic rings. The van der Waals surface area contributed by atoms with E-state index in [1.54, 1.807) is 11.3 Å². The van der Waals surface area contributed by atoms with Gasteiger partial charge in [-0.05, 0) is 44.6 Å². The molecule has 0 saturated carbocycles. The van der Waals surface area contributed by atoms with Crippen LogP contribution in [0.2, 0.25) is 0 Å². The van der Waals surface area contributed by atoms with Gasteiger partial charge in [-0.1, -0.05) is 35.6 Å². The molecular weight excluding hydrogens is 390 g/mol. The lowest BCUT2D eigenvalue weighted by Crippen LogP contribution is -2.25. The fourth-order valence-electron chi connectivity index (χ4n) is 2.58. The van der Waals surface area contributed by atoms with Crippen molar-refractivity contribution in [1.82, 2.24) is 23.8 Å². The molecule has 3 rings (SSSR count).